The van der Waals surface area contributed by atoms with Crippen molar-refractivity contribution in [1.29, 1.82) is 0 Å². The summed E-state index contributed by atoms with van der Waals surface area (Å²) in [6.45, 7) is 1.60. The molecule has 94 valence electrons. The second kappa shape index (κ2) is 5.56. The lowest BCUT2D eigenvalue weighted by Gasteiger charge is -2.13. The van der Waals surface area contributed by atoms with Gasteiger partial charge in [-0.25, -0.2) is 4.39 Å². The summed E-state index contributed by atoms with van der Waals surface area (Å²) >= 11 is 5.70. The standard InChI is InChI=1S/C12H16ClFN2O/c13-9-6-12(11(15)7-10(9)14)16-4-3-8-2-1-5-17-8/h6-8,16H,1-5,15H2. The fourth-order valence-electron chi connectivity index (χ4n) is 1.96. The van der Waals surface area contributed by atoms with E-state index >= 15 is 0 Å². The Bertz CT molecular complexity index is 394. The number of anilines is 2. The molecule has 2 rings (SSSR count). The van der Waals surface area contributed by atoms with Gasteiger partial charge < -0.3 is 15.8 Å². The Balaban J connectivity index is 1.87. The van der Waals surface area contributed by atoms with Crippen molar-refractivity contribution in [3.05, 3.63) is 23.0 Å². The Hall–Kier alpha value is -1.00. The number of nitrogens with two attached hydrogens (primary N) is 1. The monoisotopic (exact) mass is 258 g/mol. The molecule has 17 heavy (non-hydrogen) atoms. The van der Waals surface area contributed by atoms with Crippen LogP contribution in [0.4, 0.5) is 15.8 Å². The van der Waals surface area contributed by atoms with E-state index in [1.165, 1.54) is 12.1 Å². The first-order valence-electron chi connectivity index (χ1n) is 5.77. The summed E-state index contributed by atoms with van der Waals surface area (Å²) < 4.78 is 18.6. The van der Waals surface area contributed by atoms with Gasteiger partial charge in [-0.05, 0) is 25.3 Å². The minimum absolute atomic E-state index is 0.0822. The van der Waals surface area contributed by atoms with Crippen LogP contribution in [0.15, 0.2) is 12.1 Å². The fraction of sp³-hybridized carbons (Fsp3) is 0.500. The van der Waals surface area contributed by atoms with Crippen LogP contribution in [0.5, 0.6) is 0 Å². The van der Waals surface area contributed by atoms with Crippen LogP contribution in [0, 0.1) is 5.82 Å². The number of halogens is 2. The minimum Gasteiger partial charge on any atom is -0.397 e. The lowest BCUT2D eigenvalue weighted by molar-refractivity contribution is 0.107. The first kappa shape index (κ1) is 12.5. The third kappa shape index (κ3) is 3.23. The van der Waals surface area contributed by atoms with Crippen LogP contribution < -0.4 is 11.1 Å². The van der Waals surface area contributed by atoms with E-state index in [9.17, 15) is 4.39 Å². The summed E-state index contributed by atoms with van der Waals surface area (Å²) in [5, 5.41) is 3.23. The molecule has 1 atom stereocenters. The van der Waals surface area contributed by atoms with Crippen molar-refractivity contribution < 1.29 is 9.13 Å². The lowest BCUT2D eigenvalue weighted by atomic mass is 10.2. The molecule has 1 aromatic rings. The van der Waals surface area contributed by atoms with Gasteiger partial charge in [-0.1, -0.05) is 11.6 Å². The molecular formula is C12H16ClFN2O. The van der Waals surface area contributed by atoms with E-state index in [1.807, 2.05) is 0 Å². The normalized spacial score (nSPS) is 19.5. The molecule has 3 nitrogen and oxygen atoms in total. The maximum absolute atomic E-state index is 13.1. The van der Waals surface area contributed by atoms with Crippen LogP contribution in [-0.2, 0) is 4.74 Å². The van der Waals surface area contributed by atoms with Crippen LogP contribution in [0.25, 0.3) is 0 Å². The summed E-state index contributed by atoms with van der Waals surface area (Å²) in [5.41, 5.74) is 6.74. The van der Waals surface area contributed by atoms with E-state index in [-0.39, 0.29) is 5.02 Å². The van der Waals surface area contributed by atoms with Crippen molar-refractivity contribution in [1.82, 2.24) is 0 Å². The van der Waals surface area contributed by atoms with Crippen LogP contribution >= 0.6 is 11.6 Å². The molecule has 0 aromatic heterocycles. The van der Waals surface area contributed by atoms with Gasteiger partial charge >= 0.3 is 0 Å². The zero-order valence-electron chi connectivity index (χ0n) is 9.51. The highest BCUT2D eigenvalue weighted by molar-refractivity contribution is 6.31. The summed E-state index contributed by atoms with van der Waals surface area (Å²) in [5.74, 6) is -0.492. The molecule has 5 heteroatoms. The topological polar surface area (TPSA) is 47.3 Å². The van der Waals surface area contributed by atoms with Crippen molar-refractivity contribution in [3.8, 4) is 0 Å². The molecular weight excluding hydrogens is 243 g/mol. The Kier molecular flexibility index (Phi) is 4.07. The Morgan fingerprint density at radius 3 is 3.06 bits per heavy atom. The van der Waals surface area contributed by atoms with Gasteiger partial charge in [0.1, 0.15) is 5.82 Å². The van der Waals surface area contributed by atoms with E-state index in [0.717, 1.165) is 32.4 Å². The molecule has 1 fully saturated rings. The first-order valence-corrected chi connectivity index (χ1v) is 6.14. The predicted octanol–water partition coefficient (Wildman–Crippen LogP) is 3.04. The number of rotatable bonds is 4. The highest BCUT2D eigenvalue weighted by atomic mass is 35.5. The van der Waals surface area contributed by atoms with Gasteiger partial charge in [-0.3, -0.25) is 0 Å². The van der Waals surface area contributed by atoms with Crippen molar-refractivity contribution in [2.45, 2.75) is 25.4 Å². The smallest absolute Gasteiger partial charge is 0.143 e. The van der Waals surface area contributed by atoms with Crippen molar-refractivity contribution in [2.24, 2.45) is 0 Å². The SMILES string of the molecule is Nc1cc(F)c(Cl)cc1NCCC1CCCO1. The van der Waals surface area contributed by atoms with Gasteiger partial charge in [0.15, 0.2) is 0 Å². The summed E-state index contributed by atoms with van der Waals surface area (Å²) in [6, 6.07) is 2.75. The molecule has 0 bridgehead atoms. The van der Waals surface area contributed by atoms with Gasteiger partial charge in [0.25, 0.3) is 0 Å². The molecule has 0 saturated carbocycles. The average molecular weight is 259 g/mol. The van der Waals surface area contributed by atoms with Gasteiger partial charge in [-0.2, -0.15) is 0 Å². The Labute approximate surface area is 105 Å². The van der Waals surface area contributed by atoms with E-state index in [4.69, 9.17) is 22.1 Å². The molecule has 1 aromatic carbocycles. The maximum Gasteiger partial charge on any atom is 0.143 e. The third-order valence-corrected chi connectivity index (χ3v) is 3.19. The second-order valence-corrected chi connectivity index (χ2v) is 4.61. The zero-order chi connectivity index (χ0) is 12.3. The van der Waals surface area contributed by atoms with Crippen LogP contribution in [0.3, 0.4) is 0 Å². The van der Waals surface area contributed by atoms with Gasteiger partial charge in [-0.15, -0.1) is 0 Å². The number of nitrogen functional groups attached to an aromatic ring is 1. The summed E-state index contributed by atoms with van der Waals surface area (Å²) in [6.07, 6.45) is 3.50. The van der Waals surface area contributed by atoms with E-state index in [2.05, 4.69) is 5.32 Å². The average Bonchev–Trinajstić information content (AvgIpc) is 2.78. The molecule has 1 aliphatic heterocycles. The highest BCUT2D eigenvalue weighted by Gasteiger charge is 2.15. The highest BCUT2D eigenvalue weighted by Crippen LogP contribution is 2.26. The van der Waals surface area contributed by atoms with Gasteiger partial charge in [0.05, 0.1) is 22.5 Å². The fourth-order valence-corrected chi connectivity index (χ4v) is 2.12. The molecule has 0 radical (unpaired) electrons. The Morgan fingerprint density at radius 1 is 1.53 bits per heavy atom. The van der Waals surface area contributed by atoms with Gasteiger partial charge in [0, 0.05) is 19.2 Å². The van der Waals surface area contributed by atoms with Crippen molar-refractivity contribution in [3.63, 3.8) is 0 Å². The van der Waals surface area contributed by atoms with Crippen LogP contribution in [-0.4, -0.2) is 19.3 Å². The van der Waals surface area contributed by atoms with Crippen molar-refractivity contribution in [2.75, 3.05) is 24.2 Å². The van der Waals surface area contributed by atoms with Crippen molar-refractivity contribution >= 4 is 23.0 Å². The van der Waals surface area contributed by atoms with E-state index < -0.39 is 5.82 Å². The molecule has 0 spiro atoms. The third-order valence-electron chi connectivity index (χ3n) is 2.90. The summed E-state index contributed by atoms with van der Waals surface area (Å²) in [7, 11) is 0. The maximum atomic E-state index is 13.1. The molecule has 1 heterocycles. The second-order valence-electron chi connectivity index (χ2n) is 4.20. The molecule has 1 unspecified atom stereocenters. The zero-order valence-corrected chi connectivity index (χ0v) is 10.3. The number of benzene rings is 1. The quantitative estimate of drug-likeness (QED) is 0.816. The molecule has 1 saturated heterocycles. The summed E-state index contributed by atoms with van der Waals surface area (Å²) in [4.78, 5) is 0. The van der Waals surface area contributed by atoms with Gasteiger partial charge in [0.2, 0.25) is 0 Å². The molecule has 0 amide bonds. The number of nitrogens with one attached hydrogen (secondary N) is 1. The lowest BCUT2D eigenvalue weighted by Crippen LogP contribution is -2.13. The largest absolute Gasteiger partial charge is 0.397 e. The first-order chi connectivity index (χ1) is 8.16. The van der Waals surface area contributed by atoms with E-state index in [0.29, 0.717) is 17.5 Å². The van der Waals surface area contributed by atoms with Crippen LogP contribution in [0.2, 0.25) is 5.02 Å². The minimum atomic E-state index is -0.492. The van der Waals surface area contributed by atoms with E-state index in [1.54, 1.807) is 0 Å². The predicted molar refractivity (Wildman–Crippen MR) is 67.9 cm³/mol. The molecule has 1 aliphatic rings. The number of hydrogen-bond acceptors (Lipinski definition) is 3. The van der Waals surface area contributed by atoms with Crippen LogP contribution in [0.1, 0.15) is 19.3 Å². The number of hydrogen-bond donors (Lipinski definition) is 2. The molecule has 0 aliphatic carbocycles. The molecule has 3 N–H and O–H groups in total. The number of ether oxygens (including phenoxy) is 1. The Morgan fingerprint density at radius 2 is 2.35 bits per heavy atom.